The van der Waals surface area contributed by atoms with E-state index in [1.54, 1.807) is 54.6 Å². The van der Waals surface area contributed by atoms with Gasteiger partial charge in [-0.25, -0.2) is 9.59 Å². The van der Waals surface area contributed by atoms with Gasteiger partial charge in [0.15, 0.2) is 6.61 Å². The highest BCUT2D eigenvalue weighted by Crippen LogP contribution is 2.16. The summed E-state index contributed by atoms with van der Waals surface area (Å²) in [6.45, 7) is -1.80. The quantitative estimate of drug-likeness (QED) is 0.685. The lowest BCUT2D eigenvalue weighted by Gasteiger charge is -2.18. The summed E-state index contributed by atoms with van der Waals surface area (Å²) in [6.07, 6.45) is -5.71. The molecule has 0 spiro atoms. The number of nitrogens with one attached hydrogen (secondary N) is 1. The topological polar surface area (TPSA) is 64.6 Å². The summed E-state index contributed by atoms with van der Waals surface area (Å²) in [6, 6.07) is 13.7. The second kappa shape index (κ2) is 9.98. The number of halogens is 4. The number of hydrogen-bond donors (Lipinski definition) is 1. The molecule has 0 fully saturated rings. The number of esters is 1. The fourth-order valence-electron chi connectivity index (χ4n) is 2.21. The first-order valence-electron chi connectivity index (χ1n) is 8.18. The normalized spacial score (nSPS) is 12.1. The number of carbonyl (C=O) groups excluding carboxylic acids is 2. The van der Waals surface area contributed by atoms with Gasteiger partial charge in [-0.15, -0.1) is 0 Å². The van der Waals surface area contributed by atoms with Crippen LogP contribution < -0.4 is 5.32 Å². The van der Waals surface area contributed by atoms with Gasteiger partial charge in [0.05, 0.1) is 0 Å². The molecule has 5 nitrogen and oxygen atoms in total. The van der Waals surface area contributed by atoms with Gasteiger partial charge in [-0.1, -0.05) is 54.1 Å². The van der Waals surface area contributed by atoms with Crippen LogP contribution in [0.25, 0.3) is 0 Å². The maximum atomic E-state index is 12.3. The molecule has 0 heterocycles. The van der Waals surface area contributed by atoms with Crippen molar-refractivity contribution < 1.29 is 32.2 Å². The summed E-state index contributed by atoms with van der Waals surface area (Å²) in [5, 5.41) is 2.70. The van der Waals surface area contributed by atoms with Crippen LogP contribution in [0.3, 0.4) is 0 Å². The van der Waals surface area contributed by atoms with Gasteiger partial charge < -0.3 is 14.8 Å². The Kier molecular flexibility index (Phi) is 7.69. The molecule has 2 aromatic rings. The van der Waals surface area contributed by atoms with Crippen LogP contribution in [0.1, 0.15) is 11.1 Å². The Balaban J connectivity index is 2.00. The van der Waals surface area contributed by atoms with Crippen LogP contribution in [-0.4, -0.2) is 30.9 Å². The first kappa shape index (κ1) is 21.6. The van der Waals surface area contributed by atoms with E-state index in [-0.39, 0.29) is 13.0 Å². The number of alkyl carbamates (subject to hydrolysis) is 1. The van der Waals surface area contributed by atoms with Crippen molar-refractivity contribution in [3.63, 3.8) is 0 Å². The summed E-state index contributed by atoms with van der Waals surface area (Å²) in [4.78, 5) is 24.0. The van der Waals surface area contributed by atoms with Crippen LogP contribution in [0.2, 0.25) is 5.02 Å². The minimum Gasteiger partial charge on any atom is -0.454 e. The Morgan fingerprint density at radius 1 is 0.964 bits per heavy atom. The number of rotatable bonds is 7. The highest BCUT2D eigenvalue weighted by Gasteiger charge is 2.32. The molecule has 2 aromatic carbocycles. The van der Waals surface area contributed by atoms with E-state index in [4.69, 9.17) is 16.3 Å². The minimum absolute atomic E-state index is 0.0576. The van der Waals surface area contributed by atoms with Crippen LogP contribution in [0, 0.1) is 0 Å². The standard InChI is InChI=1S/C19H17ClF3NO4/c20-15-8-6-13(7-9-15)10-16(17(25)28-12-19(21,22)23)24-18(26)27-11-14-4-2-1-3-5-14/h1-9,16H,10-12H2,(H,24,26)/t16-/m1/s1. The molecule has 0 saturated heterocycles. The van der Waals surface area contributed by atoms with Gasteiger partial charge in [-0.2, -0.15) is 13.2 Å². The second-order valence-corrected chi connectivity index (χ2v) is 6.25. The van der Waals surface area contributed by atoms with E-state index in [1.165, 1.54) is 0 Å². The molecular weight excluding hydrogens is 399 g/mol. The van der Waals surface area contributed by atoms with Crippen LogP contribution in [0.5, 0.6) is 0 Å². The summed E-state index contributed by atoms with van der Waals surface area (Å²) >= 11 is 5.79. The fraction of sp³-hybridized carbons (Fsp3) is 0.263. The molecule has 0 aromatic heterocycles. The summed E-state index contributed by atoms with van der Waals surface area (Å²) in [5.74, 6) is -1.22. The summed E-state index contributed by atoms with van der Waals surface area (Å²) < 4.78 is 46.2. The SMILES string of the molecule is O=C(N[C@H](Cc1ccc(Cl)cc1)C(=O)OCC(F)(F)F)OCc1ccccc1. The van der Waals surface area contributed by atoms with E-state index in [1.807, 2.05) is 0 Å². The minimum atomic E-state index is -4.67. The molecule has 28 heavy (non-hydrogen) atoms. The highest BCUT2D eigenvalue weighted by molar-refractivity contribution is 6.30. The zero-order valence-corrected chi connectivity index (χ0v) is 15.3. The van der Waals surface area contributed by atoms with Crippen molar-refractivity contribution in [2.45, 2.75) is 25.2 Å². The Morgan fingerprint density at radius 2 is 1.61 bits per heavy atom. The van der Waals surface area contributed by atoms with Gasteiger partial charge in [0, 0.05) is 11.4 Å². The van der Waals surface area contributed by atoms with Crippen molar-refractivity contribution in [3.8, 4) is 0 Å². The lowest BCUT2D eigenvalue weighted by molar-refractivity contribution is -0.187. The molecule has 9 heteroatoms. The van der Waals surface area contributed by atoms with E-state index >= 15 is 0 Å². The van der Waals surface area contributed by atoms with Crippen molar-refractivity contribution in [1.82, 2.24) is 5.32 Å². The average molecular weight is 416 g/mol. The number of carbonyl (C=O) groups is 2. The largest absolute Gasteiger partial charge is 0.454 e. The van der Waals surface area contributed by atoms with Crippen molar-refractivity contribution in [2.24, 2.45) is 0 Å². The summed E-state index contributed by atoms with van der Waals surface area (Å²) in [7, 11) is 0. The van der Waals surface area contributed by atoms with Gasteiger partial charge in [-0.3, -0.25) is 0 Å². The maximum absolute atomic E-state index is 12.3. The van der Waals surface area contributed by atoms with E-state index in [0.717, 1.165) is 0 Å². The predicted octanol–water partition coefficient (Wildman–Crippen LogP) is 4.28. The number of amides is 1. The Morgan fingerprint density at radius 3 is 2.21 bits per heavy atom. The average Bonchev–Trinajstić information content (AvgIpc) is 2.66. The van der Waals surface area contributed by atoms with Gasteiger partial charge in [0.1, 0.15) is 12.6 Å². The molecule has 1 atom stereocenters. The van der Waals surface area contributed by atoms with E-state index < -0.39 is 30.9 Å². The Hall–Kier alpha value is -2.74. The number of hydrogen-bond acceptors (Lipinski definition) is 4. The lowest BCUT2D eigenvalue weighted by Crippen LogP contribution is -2.44. The van der Waals surface area contributed by atoms with Crippen molar-refractivity contribution in [3.05, 3.63) is 70.7 Å². The molecule has 0 bridgehead atoms. The van der Waals surface area contributed by atoms with Gasteiger partial charge in [0.25, 0.3) is 0 Å². The van der Waals surface area contributed by atoms with E-state index in [9.17, 15) is 22.8 Å². The molecule has 0 aliphatic carbocycles. The van der Waals surface area contributed by atoms with Crippen LogP contribution in [-0.2, 0) is 27.3 Å². The van der Waals surface area contributed by atoms with Gasteiger partial charge in [0.2, 0.25) is 0 Å². The predicted molar refractivity (Wildman–Crippen MR) is 95.7 cm³/mol. The third-order valence-corrected chi connectivity index (χ3v) is 3.77. The lowest BCUT2D eigenvalue weighted by atomic mass is 10.1. The molecule has 0 unspecified atom stereocenters. The Bertz CT molecular complexity index is 782. The molecule has 0 aliphatic rings. The molecule has 0 aliphatic heterocycles. The third kappa shape index (κ3) is 7.87. The molecule has 150 valence electrons. The number of alkyl halides is 3. The molecule has 2 rings (SSSR count). The number of ether oxygens (including phenoxy) is 2. The van der Waals surface area contributed by atoms with Crippen LogP contribution >= 0.6 is 11.6 Å². The first-order valence-corrected chi connectivity index (χ1v) is 8.56. The van der Waals surface area contributed by atoms with Gasteiger partial charge in [-0.05, 0) is 23.3 Å². The number of benzene rings is 2. The second-order valence-electron chi connectivity index (χ2n) is 5.81. The van der Waals surface area contributed by atoms with Crippen molar-refractivity contribution in [2.75, 3.05) is 6.61 Å². The van der Waals surface area contributed by atoms with Crippen molar-refractivity contribution >= 4 is 23.7 Å². The van der Waals surface area contributed by atoms with E-state index in [2.05, 4.69) is 10.1 Å². The zero-order chi connectivity index (χ0) is 20.6. The summed E-state index contributed by atoms with van der Waals surface area (Å²) in [5.41, 5.74) is 1.29. The van der Waals surface area contributed by atoms with Crippen molar-refractivity contribution in [1.29, 1.82) is 0 Å². The zero-order valence-electron chi connectivity index (χ0n) is 14.5. The van der Waals surface area contributed by atoms with Gasteiger partial charge >= 0.3 is 18.2 Å². The first-order chi connectivity index (χ1) is 13.2. The van der Waals surface area contributed by atoms with Crippen LogP contribution in [0.15, 0.2) is 54.6 Å². The third-order valence-electron chi connectivity index (χ3n) is 3.52. The van der Waals surface area contributed by atoms with Crippen LogP contribution in [0.4, 0.5) is 18.0 Å². The molecule has 1 amide bonds. The highest BCUT2D eigenvalue weighted by atomic mass is 35.5. The fourth-order valence-corrected chi connectivity index (χ4v) is 2.34. The molecule has 1 N–H and O–H groups in total. The Labute approximate surface area is 164 Å². The molecule has 0 radical (unpaired) electrons. The molecule has 0 saturated carbocycles. The smallest absolute Gasteiger partial charge is 0.422 e. The molecular formula is C19H17ClF3NO4. The maximum Gasteiger partial charge on any atom is 0.422 e. The van der Waals surface area contributed by atoms with E-state index in [0.29, 0.717) is 16.1 Å². The monoisotopic (exact) mass is 415 g/mol.